The summed E-state index contributed by atoms with van der Waals surface area (Å²) in [6.07, 6.45) is 8.95. The van der Waals surface area contributed by atoms with Crippen LogP contribution in [0.1, 0.15) is 57.6 Å². The highest BCUT2D eigenvalue weighted by Crippen LogP contribution is 2.46. The molecule has 4 aliphatic rings. The standard InChI is InChI=1S/C36H41N7O3/c1-23-28(25-9-5-4-6-10-25)18-30-34(45)43(23)15-14-42(3)13-12-41(2)11-7-8-24-16-29-32(38-21-24)40-35(46)36(29)19-26-17-27(33(44)39-30)22-37-31(26)20-36/h4-10,16-17,21-23,28,30H,11-15,18-20H2,1-3H3,(H,39,44)(H,38,40,46)/b8-7+/t23?,28?,30?,36-/m0/s1. The lowest BCUT2D eigenvalue weighted by Gasteiger charge is -2.43. The first-order chi connectivity index (χ1) is 22.2. The van der Waals surface area contributed by atoms with Crippen LogP contribution in [0.2, 0.25) is 0 Å². The average molecular weight is 620 g/mol. The summed E-state index contributed by atoms with van der Waals surface area (Å²) in [7, 11) is 4.18. The van der Waals surface area contributed by atoms with Crippen LogP contribution in [0, 0.1) is 0 Å². The van der Waals surface area contributed by atoms with Crippen LogP contribution in [0.5, 0.6) is 0 Å². The van der Waals surface area contributed by atoms with Crippen LogP contribution >= 0.6 is 0 Å². The van der Waals surface area contributed by atoms with E-state index in [1.54, 1.807) is 12.4 Å². The number of hydrogen-bond acceptors (Lipinski definition) is 7. The number of nitrogens with zero attached hydrogens (tertiary/aromatic N) is 5. The fraction of sp³-hybridized carbons (Fsp3) is 0.417. The first kappa shape index (κ1) is 30.3. The van der Waals surface area contributed by atoms with E-state index in [0.717, 1.165) is 54.1 Å². The highest BCUT2D eigenvalue weighted by Gasteiger charge is 2.52. The molecule has 7 rings (SSSR count). The topological polar surface area (TPSA) is 111 Å². The van der Waals surface area contributed by atoms with E-state index in [0.29, 0.717) is 37.2 Å². The molecule has 1 fully saturated rings. The monoisotopic (exact) mass is 619 g/mol. The van der Waals surface area contributed by atoms with E-state index in [1.165, 1.54) is 0 Å². The maximum absolute atomic E-state index is 14.0. The molecule has 238 valence electrons. The van der Waals surface area contributed by atoms with Gasteiger partial charge in [0, 0.05) is 74.8 Å². The van der Waals surface area contributed by atoms with Crippen molar-refractivity contribution in [3.63, 3.8) is 0 Å². The average Bonchev–Trinajstić information content (AvgIpc) is 3.57. The number of piperidine rings is 1. The van der Waals surface area contributed by atoms with Crippen LogP contribution in [0.4, 0.5) is 5.82 Å². The van der Waals surface area contributed by atoms with Crippen LogP contribution in [0.3, 0.4) is 0 Å². The SMILES string of the molecule is CC1C(c2ccccc2)CC2NC(=O)c3cnc4c(c3)C[C@@]3(C4)C(=O)Nc4ncc(cc43)/C=C/CN(C)CCN(C)CCN1C2=O. The Morgan fingerprint density at radius 2 is 1.70 bits per heavy atom. The third-order valence-corrected chi connectivity index (χ3v) is 10.4. The zero-order valence-electron chi connectivity index (χ0n) is 26.7. The summed E-state index contributed by atoms with van der Waals surface area (Å²) in [4.78, 5) is 56.9. The van der Waals surface area contributed by atoms with E-state index in [2.05, 4.69) is 81.8 Å². The number of anilines is 1. The van der Waals surface area contributed by atoms with E-state index in [1.807, 2.05) is 29.2 Å². The predicted octanol–water partition coefficient (Wildman–Crippen LogP) is 2.86. The minimum Gasteiger partial charge on any atom is -0.340 e. The Hall–Kier alpha value is -4.41. The molecule has 3 amide bonds. The molecule has 1 aromatic carbocycles. The van der Waals surface area contributed by atoms with Crippen molar-refractivity contribution in [3.05, 3.63) is 94.4 Å². The van der Waals surface area contributed by atoms with Crippen LogP contribution < -0.4 is 10.6 Å². The van der Waals surface area contributed by atoms with Crippen molar-refractivity contribution in [2.75, 3.05) is 52.1 Å². The molecule has 5 heterocycles. The summed E-state index contributed by atoms with van der Waals surface area (Å²) in [5, 5.41) is 6.06. The Balaban J connectivity index is 1.23. The van der Waals surface area contributed by atoms with Gasteiger partial charge in [0.2, 0.25) is 11.8 Å². The van der Waals surface area contributed by atoms with Gasteiger partial charge in [-0.3, -0.25) is 19.4 Å². The van der Waals surface area contributed by atoms with Gasteiger partial charge in [-0.15, -0.1) is 0 Å². The molecular weight excluding hydrogens is 578 g/mol. The number of amides is 3. The number of pyridine rings is 2. The van der Waals surface area contributed by atoms with Crippen LogP contribution in [0.25, 0.3) is 6.08 Å². The predicted molar refractivity (Wildman–Crippen MR) is 176 cm³/mol. The van der Waals surface area contributed by atoms with Gasteiger partial charge in [0.1, 0.15) is 11.9 Å². The van der Waals surface area contributed by atoms with E-state index >= 15 is 0 Å². The third kappa shape index (κ3) is 5.49. The van der Waals surface area contributed by atoms with Gasteiger partial charge < -0.3 is 25.3 Å². The molecule has 2 N–H and O–H groups in total. The molecule has 1 aliphatic carbocycles. The summed E-state index contributed by atoms with van der Waals surface area (Å²) in [6.45, 7) is 5.91. The Kier molecular flexibility index (Phi) is 7.94. The summed E-state index contributed by atoms with van der Waals surface area (Å²) in [5.41, 5.74) is 4.24. The van der Waals surface area contributed by atoms with E-state index < -0.39 is 11.5 Å². The second-order valence-electron chi connectivity index (χ2n) is 13.4. The van der Waals surface area contributed by atoms with Crippen LogP contribution in [0.15, 0.2) is 60.9 Å². The van der Waals surface area contributed by atoms with Crippen molar-refractivity contribution in [2.45, 2.75) is 49.6 Å². The number of likely N-dealkylation sites (N-methyl/N-ethyl adjacent to an activating group) is 2. The van der Waals surface area contributed by atoms with Gasteiger partial charge in [-0.25, -0.2) is 4.98 Å². The van der Waals surface area contributed by atoms with Gasteiger partial charge in [-0.05, 0) is 62.7 Å². The third-order valence-electron chi connectivity index (χ3n) is 10.4. The van der Waals surface area contributed by atoms with Crippen molar-refractivity contribution in [3.8, 4) is 0 Å². The fourth-order valence-electron chi connectivity index (χ4n) is 7.54. The van der Waals surface area contributed by atoms with Crippen molar-refractivity contribution < 1.29 is 14.4 Å². The Labute approximate surface area is 269 Å². The summed E-state index contributed by atoms with van der Waals surface area (Å²) in [5.74, 6) is 0.193. The van der Waals surface area contributed by atoms with Crippen LogP contribution in [-0.2, 0) is 27.8 Å². The molecule has 4 atom stereocenters. The largest absolute Gasteiger partial charge is 0.340 e. The molecule has 3 aliphatic heterocycles. The summed E-state index contributed by atoms with van der Waals surface area (Å²) >= 11 is 0. The quantitative estimate of drug-likeness (QED) is 0.431. The number of benzene rings is 1. The van der Waals surface area contributed by atoms with Crippen molar-refractivity contribution in [2.24, 2.45) is 0 Å². The normalized spacial score (nSPS) is 27.9. The smallest absolute Gasteiger partial charge is 0.253 e. The lowest BCUT2D eigenvalue weighted by molar-refractivity contribution is -0.139. The van der Waals surface area contributed by atoms with Gasteiger partial charge in [-0.2, -0.15) is 0 Å². The van der Waals surface area contributed by atoms with Crippen molar-refractivity contribution in [1.82, 2.24) is 30.0 Å². The molecule has 3 unspecified atom stereocenters. The molecule has 1 spiro atoms. The molecule has 10 nitrogen and oxygen atoms in total. The molecule has 3 aromatic rings. The van der Waals surface area contributed by atoms with Gasteiger partial charge in [0.15, 0.2) is 0 Å². The van der Waals surface area contributed by atoms with Gasteiger partial charge in [0.05, 0.1) is 11.0 Å². The second kappa shape index (κ2) is 12.1. The summed E-state index contributed by atoms with van der Waals surface area (Å²) < 4.78 is 0. The molecule has 2 aromatic heterocycles. The minimum atomic E-state index is -0.812. The van der Waals surface area contributed by atoms with Gasteiger partial charge in [-0.1, -0.05) is 42.5 Å². The summed E-state index contributed by atoms with van der Waals surface area (Å²) in [6, 6.07) is 13.5. The number of rotatable bonds is 1. The Morgan fingerprint density at radius 1 is 0.913 bits per heavy atom. The number of fused-ring (bicyclic) bond motifs is 4. The van der Waals surface area contributed by atoms with E-state index in [4.69, 9.17) is 0 Å². The van der Waals surface area contributed by atoms with E-state index in [9.17, 15) is 14.4 Å². The maximum atomic E-state index is 14.0. The van der Waals surface area contributed by atoms with Crippen molar-refractivity contribution >= 4 is 29.6 Å². The Morgan fingerprint density at radius 3 is 2.52 bits per heavy atom. The zero-order valence-corrected chi connectivity index (χ0v) is 26.7. The Bertz CT molecular complexity index is 1710. The molecule has 1 saturated heterocycles. The molecule has 7 bridgehead atoms. The van der Waals surface area contributed by atoms with E-state index in [-0.39, 0.29) is 29.7 Å². The maximum Gasteiger partial charge on any atom is 0.253 e. The molecule has 46 heavy (non-hydrogen) atoms. The zero-order chi connectivity index (χ0) is 32.0. The first-order valence-corrected chi connectivity index (χ1v) is 16.2. The first-order valence-electron chi connectivity index (χ1n) is 16.2. The second-order valence-corrected chi connectivity index (χ2v) is 13.4. The van der Waals surface area contributed by atoms with Gasteiger partial charge >= 0.3 is 0 Å². The van der Waals surface area contributed by atoms with Crippen LogP contribution in [-0.4, -0.2) is 101 Å². The molecule has 0 radical (unpaired) electrons. The van der Waals surface area contributed by atoms with Gasteiger partial charge in [0.25, 0.3) is 5.91 Å². The minimum absolute atomic E-state index is 0.0123. The molecule has 10 heteroatoms. The lowest BCUT2D eigenvalue weighted by atomic mass is 9.79. The fourth-order valence-corrected chi connectivity index (χ4v) is 7.54. The highest BCUT2D eigenvalue weighted by molar-refractivity contribution is 6.06. The number of carbonyl (C=O) groups is 3. The molecule has 0 saturated carbocycles. The number of nitrogens with one attached hydrogen (secondary N) is 2. The number of carbonyl (C=O) groups excluding carboxylic acids is 3. The molecular formula is C36H41N7O3. The van der Waals surface area contributed by atoms with Crippen molar-refractivity contribution in [1.29, 1.82) is 0 Å². The highest BCUT2D eigenvalue weighted by atomic mass is 16.2. The lowest BCUT2D eigenvalue weighted by Crippen LogP contribution is -2.59. The number of hydrogen-bond donors (Lipinski definition) is 2. The number of aromatic nitrogens is 2.